The van der Waals surface area contributed by atoms with E-state index >= 15 is 0 Å². The highest BCUT2D eigenvalue weighted by Gasteiger charge is 2.23. The van der Waals surface area contributed by atoms with Gasteiger partial charge in [0.05, 0.1) is 6.04 Å². The van der Waals surface area contributed by atoms with Crippen LogP contribution < -0.4 is 10.6 Å². The molecule has 0 spiro atoms. The molecule has 0 amide bonds. The summed E-state index contributed by atoms with van der Waals surface area (Å²) in [5.41, 5.74) is 5.67. The van der Waals surface area contributed by atoms with Gasteiger partial charge in [-0.3, -0.25) is 0 Å². The Balaban J connectivity index is 2.07. The van der Waals surface area contributed by atoms with Gasteiger partial charge in [-0.2, -0.15) is 0 Å². The van der Waals surface area contributed by atoms with Gasteiger partial charge in [-0.25, -0.2) is 0 Å². The number of aromatic nitrogens is 2. The second-order valence-electron chi connectivity index (χ2n) is 4.26. The first-order valence-corrected chi connectivity index (χ1v) is 5.50. The molecule has 1 aromatic rings. The third-order valence-corrected chi connectivity index (χ3v) is 2.99. The molecule has 1 unspecified atom stereocenters. The Morgan fingerprint density at radius 2 is 2.07 bits per heavy atom. The zero-order chi connectivity index (χ0) is 10.8. The van der Waals surface area contributed by atoms with Gasteiger partial charge >= 0.3 is 6.01 Å². The number of nitrogens with two attached hydrogens (primary N) is 1. The maximum absolute atomic E-state index is 5.67. The summed E-state index contributed by atoms with van der Waals surface area (Å²) >= 11 is 0. The third kappa shape index (κ3) is 2.12. The van der Waals surface area contributed by atoms with Crippen molar-refractivity contribution >= 4 is 6.01 Å². The first-order valence-electron chi connectivity index (χ1n) is 5.50. The Morgan fingerprint density at radius 1 is 1.40 bits per heavy atom. The van der Waals surface area contributed by atoms with Crippen molar-refractivity contribution in [1.29, 1.82) is 0 Å². The van der Waals surface area contributed by atoms with Gasteiger partial charge in [0.2, 0.25) is 5.89 Å². The van der Waals surface area contributed by atoms with E-state index in [1.54, 1.807) is 0 Å². The van der Waals surface area contributed by atoms with Crippen LogP contribution in [-0.4, -0.2) is 23.3 Å². The van der Waals surface area contributed by atoms with Crippen LogP contribution in [-0.2, 0) is 0 Å². The molecule has 15 heavy (non-hydrogen) atoms. The molecule has 1 heterocycles. The van der Waals surface area contributed by atoms with E-state index < -0.39 is 0 Å². The van der Waals surface area contributed by atoms with E-state index in [1.807, 2.05) is 14.0 Å². The molecule has 0 bridgehead atoms. The summed E-state index contributed by atoms with van der Waals surface area (Å²) in [5.74, 6) is 0.509. The molecule has 2 N–H and O–H groups in total. The summed E-state index contributed by atoms with van der Waals surface area (Å²) in [6.07, 6.45) is 5.02. The molecule has 0 saturated heterocycles. The summed E-state index contributed by atoms with van der Waals surface area (Å²) in [4.78, 5) is 2.08. The van der Waals surface area contributed by atoms with Crippen molar-refractivity contribution in [2.24, 2.45) is 5.73 Å². The molecule has 1 saturated carbocycles. The minimum absolute atomic E-state index is 0.191. The fraction of sp³-hybridized carbons (Fsp3) is 0.800. The van der Waals surface area contributed by atoms with Crippen molar-refractivity contribution in [3.8, 4) is 0 Å². The average molecular weight is 210 g/mol. The van der Waals surface area contributed by atoms with Gasteiger partial charge in [-0.15, -0.1) is 5.10 Å². The Morgan fingerprint density at radius 3 is 2.60 bits per heavy atom. The molecule has 1 aromatic heterocycles. The number of rotatable bonds is 3. The van der Waals surface area contributed by atoms with Crippen molar-refractivity contribution in [1.82, 2.24) is 10.2 Å². The number of hydrogen-bond donors (Lipinski definition) is 1. The lowest BCUT2D eigenvalue weighted by Gasteiger charge is -2.21. The molecule has 5 nitrogen and oxygen atoms in total. The summed E-state index contributed by atoms with van der Waals surface area (Å²) in [5, 5.41) is 7.94. The van der Waals surface area contributed by atoms with E-state index in [0.29, 0.717) is 17.9 Å². The molecular weight excluding hydrogens is 192 g/mol. The van der Waals surface area contributed by atoms with Crippen LogP contribution in [0, 0.1) is 0 Å². The average Bonchev–Trinajstić information content (AvgIpc) is 2.88. The summed E-state index contributed by atoms with van der Waals surface area (Å²) in [6.45, 7) is 1.84. The van der Waals surface area contributed by atoms with Crippen LogP contribution in [0.1, 0.15) is 44.5 Å². The molecule has 2 rings (SSSR count). The van der Waals surface area contributed by atoms with Crippen molar-refractivity contribution in [3.05, 3.63) is 5.89 Å². The molecule has 1 aliphatic rings. The highest BCUT2D eigenvalue weighted by molar-refractivity contribution is 5.25. The maximum atomic E-state index is 5.67. The van der Waals surface area contributed by atoms with Gasteiger partial charge in [0, 0.05) is 13.1 Å². The number of nitrogens with zero attached hydrogens (tertiary/aromatic N) is 3. The molecule has 0 aliphatic heterocycles. The van der Waals surface area contributed by atoms with E-state index in [2.05, 4.69) is 15.1 Å². The highest BCUT2D eigenvalue weighted by Crippen LogP contribution is 2.26. The van der Waals surface area contributed by atoms with Crippen LogP contribution >= 0.6 is 0 Å². The van der Waals surface area contributed by atoms with E-state index in [9.17, 15) is 0 Å². The summed E-state index contributed by atoms with van der Waals surface area (Å²) in [6, 6.07) is 0.948. The predicted molar refractivity (Wildman–Crippen MR) is 57.6 cm³/mol. The molecule has 1 fully saturated rings. The first kappa shape index (κ1) is 10.4. The van der Waals surface area contributed by atoms with Crippen molar-refractivity contribution in [2.45, 2.75) is 44.7 Å². The third-order valence-electron chi connectivity index (χ3n) is 2.99. The van der Waals surface area contributed by atoms with E-state index in [0.717, 1.165) is 0 Å². The smallest absolute Gasteiger partial charge is 0.318 e. The van der Waals surface area contributed by atoms with Crippen LogP contribution in [0.3, 0.4) is 0 Å². The highest BCUT2D eigenvalue weighted by atomic mass is 16.4. The monoisotopic (exact) mass is 210 g/mol. The van der Waals surface area contributed by atoms with Crippen molar-refractivity contribution in [3.63, 3.8) is 0 Å². The van der Waals surface area contributed by atoms with Crippen LogP contribution in [0.25, 0.3) is 0 Å². The number of anilines is 1. The molecule has 1 aliphatic carbocycles. The summed E-state index contributed by atoms with van der Waals surface area (Å²) in [7, 11) is 2.01. The van der Waals surface area contributed by atoms with Crippen LogP contribution in [0.15, 0.2) is 4.42 Å². The van der Waals surface area contributed by atoms with Crippen molar-refractivity contribution in [2.75, 3.05) is 11.9 Å². The fourth-order valence-electron chi connectivity index (χ4n) is 2.00. The Kier molecular flexibility index (Phi) is 2.90. The van der Waals surface area contributed by atoms with Crippen LogP contribution in [0.2, 0.25) is 0 Å². The molecule has 5 heteroatoms. The van der Waals surface area contributed by atoms with Gasteiger partial charge in [-0.1, -0.05) is 17.9 Å². The van der Waals surface area contributed by atoms with Gasteiger partial charge < -0.3 is 15.1 Å². The van der Waals surface area contributed by atoms with Gasteiger partial charge in [0.25, 0.3) is 0 Å². The Labute approximate surface area is 89.6 Å². The van der Waals surface area contributed by atoms with E-state index in [4.69, 9.17) is 10.2 Å². The molecule has 0 radical (unpaired) electrons. The second kappa shape index (κ2) is 4.18. The largest absolute Gasteiger partial charge is 0.406 e. The van der Waals surface area contributed by atoms with Gasteiger partial charge in [0.1, 0.15) is 0 Å². The van der Waals surface area contributed by atoms with Crippen LogP contribution in [0.5, 0.6) is 0 Å². The fourth-order valence-corrected chi connectivity index (χ4v) is 2.00. The van der Waals surface area contributed by atoms with Gasteiger partial charge in [0.15, 0.2) is 0 Å². The lowest BCUT2D eigenvalue weighted by molar-refractivity contribution is 0.449. The van der Waals surface area contributed by atoms with E-state index in [1.165, 1.54) is 25.7 Å². The molecular formula is C10H18N4O. The zero-order valence-corrected chi connectivity index (χ0v) is 9.31. The normalized spacial score (nSPS) is 19.4. The minimum Gasteiger partial charge on any atom is -0.406 e. The molecule has 0 aromatic carbocycles. The molecule has 1 atom stereocenters. The Hall–Kier alpha value is -1.10. The summed E-state index contributed by atoms with van der Waals surface area (Å²) < 4.78 is 5.50. The van der Waals surface area contributed by atoms with Crippen molar-refractivity contribution < 1.29 is 4.42 Å². The number of hydrogen-bond acceptors (Lipinski definition) is 5. The van der Waals surface area contributed by atoms with Crippen LogP contribution in [0.4, 0.5) is 6.01 Å². The topological polar surface area (TPSA) is 68.2 Å². The van der Waals surface area contributed by atoms with E-state index in [-0.39, 0.29) is 6.04 Å². The quantitative estimate of drug-likeness (QED) is 0.818. The lowest BCUT2D eigenvalue weighted by atomic mass is 10.2. The predicted octanol–water partition coefficient (Wildman–Crippen LogP) is 1.47. The lowest BCUT2D eigenvalue weighted by Crippen LogP contribution is -2.28. The minimum atomic E-state index is -0.191. The first-order chi connectivity index (χ1) is 7.18. The SMILES string of the molecule is CC(N)c1nnc(N(C)C2CCCC2)o1. The van der Waals surface area contributed by atoms with Gasteiger partial charge in [-0.05, 0) is 19.8 Å². The zero-order valence-electron chi connectivity index (χ0n) is 9.31. The maximum Gasteiger partial charge on any atom is 0.318 e. The molecule has 84 valence electrons. The second-order valence-corrected chi connectivity index (χ2v) is 4.26. The Bertz CT molecular complexity index is 317. The standard InChI is InChI=1S/C10H18N4O/c1-7(11)9-12-13-10(15-9)14(2)8-5-3-4-6-8/h7-8H,3-6,11H2,1-2H3.